The van der Waals surface area contributed by atoms with E-state index in [-0.39, 0.29) is 11.5 Å². The van der Waals surface area contributed by atoms with E-state index in [1.54, 1.807) is 6.20 Å². The molecule has 5 nitrogen and oxygen atoms in total. The van der Waals surface area contributed by atoms with Gasteiger partial charge in [0, 0.05) is 12.4 Å². The van der Waals surface area contributed by atoms with Crippen LogP contribution in [0.2, 0.25) is 5.15 Å². The van der Waals surface area contributed by atoms with Crippen LogP contribution >= 0.6 is 11.6 Å². The molecule has 1 aliphatic rings. The van der Waals surface area contributed by atoms with Crippen LogP contribution in [0.25, 0.3) is 10.8 Å². The molecule has 0 aliphatic heterocycles. The van der Waals surface area contributed by atoms with Crippen molar-refractivity contribution in [3.05, 3.63) is 29.2 Å². The van der Waals surface area contributed by atoms with E-state index in [0.717, 1.165) is 35.6 Å². The molecule has 0 bridgehead atoms. The Kier molecular flexibility index (Phi) is 5.30. The van der Waals surface area contributed by atoms with Crippen molar-refractivity contribution >= 4 is 33.4 Å². The fourth-order valence-electron chi connectivity index (χ4n) is 3.17. The van der Waals surface area contributed by atoms with Gasteiger partial charge in [0.1, 0.15) is 10.8 Å². The second kappa shape index (κ2) is 7.06. The van der Waals surface area contributed by atoms with Crippen LogP contribution in [0.4, 0.5) is 0 Å². The molecule has 2 atom stereocenters. The number of halogens is 1. The van der Waals surface area contributed by atoms with Crippen molar-refractivity contribution in [2.24, 2.45) is 5.14 Å². The molecule has 1 aliphatic carbocycles. The lowest BCUT2D eigenvalue weighted by Crippen LogP contribution is -2.33. The normalized spacial score (nSPS) is 18.5. The molecule has 26 heavy (non-hydrogen) atoms. The van der Waals surface area contributed by atoms with Crippen LogP contribution in [0, 0.1) is 0 Å². The number of fused-ring (bicyclic) bond motifs is 1. The van der Waals surface area contributed by atoms with Gasteiger partial charge in [0.15, 0.2) is 0 Å². The van der Waals surface area contributed by atoms with Crippen molar-refractivity contribution in [2.75, 3.05) is 0 Å². The van der Waals surface area contributed by atoms with E-state index in [2.05, 4.69) is 23.8 Å². The highest BCUT2D eigenvalue weighted by molar-refractivity contribution is 7.84. The maximum absolute atomic E-state index is 11.9. The number of hydrogen-bond donors (Lipinski definition) is 1. The molecule has 0 saturated heterocycles. The maximum Gasteiger partial charge on any atom is 0.223 e. The highest BCUT2D eigenvalue weighted by atomic mass is 35.5. The Morgan fingerprint density at radius 3 is 2.62 bits per heavy atom. The minimum absolute atomic E-state index is 0.121. The summed E-state index contributed by atoms with van der Waals surface area (Å²) in [5.74, 6) is 0.765. The van der Waals surface area contributed by atoms with Crippen LogP contribution in [0.3, 0.4) is 0 Å². The maximum atomic E-state index is 11.9. The molecule has 0 spiro atoms. The second-order valence-electron chi connectivity index (χ2n) is 7.99. The molecule has 142 valence electrons. The van der Waals surface area contributed by atoms with E-state index in [4.69, 9.17) is 21.5 Å². The highest BCUT2D eigenvalue weighted by Gasteiger charge is 2.41. The van der Waals surface area contributed by atoms with Gasteiger partial charge >= 0.3 is 0 Å². The van der Waals surface area contributed by atoms with Crippen molar-refractivity contribution < 1.29 is 8.95 Å². The van der Waals surface area contributed by atoms with Gasteiger partial charge in [0.05, 0.1) is 21.1 Å². The number of nitrogens with two attached hydrogens (primary N) is 1. The number of pyridine rings is 2. The third-order valence-corrected chi connectivity index (χ3v) is 6.71. The standard InChI is InChI=1S/C19H26ClN3O2S/c1-5-12(9-18(2,3)26(21)24)14-10-23-17(25-19(4)6-7-19)15-11-22-16(20)8-13(14)15/h8,10-12H,5-7,9,21H2,1-4H3/t12-,26?/m0/s1. The van der Waals surface area contributed by atoms with Gasteiger partial charge in [-0.2, -0.15) is 0 Å². The Hall–Kier alpha value is -1.24. The zero-order valence-corrected chi connectivity index (χ0v) is 17.3. The molecule has 1 fully saturated rings. The molecule has 2 aromatic rings. The predicted octanol–water partition coefficient (Wildman–Crippen LogP) is 4.50. The Balaban J connectivity index is 2.06. The SMILES string of the molecule is CC[C@@H](CC(C)(C)S(N)=O)c1cnc(OC2(C)CC2)c2cnc(Cl)cc12. The summed E-state index contributed by atoms with van der Waals surface area (Å²) in [4.78, 5) is 8.82. The zero-order chi connectivity index (χ0) is 19.1. The van der Waals surface area contributed by atoms with E-state index >= 15 is 0 Å². The summed E-state index contributed by atoms with van der Waals surface area (Å²) in [5, 5.41) is 7.99. The minimum Gasteiger partial charge on any atom is -0.471 e. The number of nitrogens with zero attached hydrogens (tertiary/aromatic N) is 2. The summed E-state index contributed by atoms with van der Waals surface area (Å²) in [5.41, 5.74) is 0.947. The summed E-state index contributed by atoms with van der Waals surface area (Å²) < 4.78 is 17.5. The van der Waals surface area contributed by atoms with E-state index in [1.807, 2.05) is 26.1 Å². The first-order valence-corrected chi connectivity index (χ1v) is 10.5. The van der Waals surface area contributed by atoms with Gasteiger partial charge in [-0.05, 0) is 69.4 Å². The second-order valence-corrected chi connectivity index (χ2v) is 10.1. The third-order valence-electron chi connectivity index (χ3n) is 5.25. The van der Waals surface area contributed by atoms with Crippen LogP contribution < -0.4 is 9.88 Å². The average molecular weight is 396 g/mol. The summed E-state index contributed by atoms with van der Waals surface area (Å²) in [6.07, 6.45) is 7.24. The van der Waals surface area contributed by atoms with Gasteiger partial charge in [-0.1, -0.05) is 18.5 Å². The van der Waals surface area contributed by atoms with Crippen molar-refractivity contribution in [3.63, 3.8) is 0 Å². The number of aromatic nitrogens is 2. The summed E-state index contributed by atoms with van der Waals surface area (Å²) in [7, 11) is -1.40. The first-order valence-electron chi connectivity index (χ1n) is 8.94. The minimum atomic E-state index is -1.40. The van der Waals surface area contributed by atoms with Gasteiger partial charge in [0.25, 0.3) is 0 Å². The number of ether oxygens (including phenoxy) is 1. The Bertz CT molecular complexity index is 852. The fraction of sp³-hybridized carbons (Fsp3) is 0.579. The Morgan fingerprint density at radius 1 is 1.35 bits per heavy atom. The lowest BCUT2D eigenvalue weighted by molar-refractivity contribution is 0.194. The van der Waals surface area contributed by atoms with Crippen molar-refractivity contribution in [3.8, 4) is 5.88 Å². The fourth-order valence-corrected chi connectivity index (χ4v) is 3.70. The summed E-state index contributed by atoms with van der Waals surface area (Å²) in [6, 6.07) is 1.87. The van der Waals surface area contributed by atoms with Crippen molar-refractivity contribution in [1.82, 2.24) is 9.97 Å². The Labute approximate surface area is 162 Å². The van der Waals surface area contributed by atoms with Gasteiger partial charge in [-0.3, -0.25) is 5.14 Å². The van der Waals surface area contributed by atoms with Gasteiger partial charge in [-0.15, -0.1) is 0 Å². The van der Waals surface area contributed by atoms with E-state index in [0.29, 0.717) is 17.5 Å². The van der Waals surface area contributed by atoms with Gasteiger partial charge < -0.3 is 4.74 Å². The van der Waals surface area contributed by atoms with E-state index < -0.39 is 15.7 Å². The molecular formula is C19H26ClN3O2S. The lowest BCUT2D eigenvalue weighted by Gasteiger charge is -2.28. The molecule has 3 rings (SSSR count). The molecule has 2 heterocycles. The first kappa shape index (κ1) is 19.5. The number of hydrogen-bond acceptors (Lipinski definition) is 4. The van der Waals surface area contributed by atoms with Gasteiger partial charge in [0.2, 0.25) is 5.88 Å². The topological polar surface area (TPSA) is 78.1 Å². The molecule has 1 saturated carbocycles. The van der Waals surface area contributed by atoms with Crippen molar-refractivity contribution in [1.29, 1.82) is 0 Å². The van der Waals surface area contributed by atoms with E-state index in [1.165, 1.54) is 0 Å². The number of rotatable bonds is 7. The molecule has 7 heteroatoms. The lowest BCUT2D eigenvalue weighted by atomic mass is 9.86. The first-order chi connectivity index (χ1) is 12.1. The molecule has 1 unspecified atom stereocenters. The van der Waals surface area contributed by atoms with Crippen molar-refractivity contribution in [2.45, 2.75) is 69.6 Å². The monoisotopic (exact) mass is 395 g/mol. The predicted molar refractivity (Wildman–Crippen MR) is 107 cm³/mol. The molecular weight excluding hydrogens is 370 g/mol. The van der Waals surface area contributed by atoms with Crippen LogP contribution in [0.5, 0.6) is 5.88 Å². The largest absolute Gasteiger partial charge is 0.471 e. The highest BCUT2D eigenvalue weighted by Crippen LogP contribution is 2.42. The molecule has 0 amide bonds. The third kappa shape index (κ3) is 4.02. The average Bonchev–Trinajstić information content (AvgIpc) is 3.30. The van der Waals surface area contributed by atoms with Gasteiger partial charge in [-0.25, -0.2) is 14.2 Å². The quantitative estimate of drug-likeness (QED) is 0.700. The van der Waals surface area contributed by atoms with Crippen LogP contribution in [-0.2, 0) is 11.0 Å². The van der Waals surface area contributed by atoms with Crippen LogP contribution in [0.15, 0.2) is 18.5 Å². The Morgan fingerprint density at radius 2 is 2.04 bits per heavy atom. The molecule has 2 aromatic heterocycles. The van der Waals surface area contributed by atoms with Crippen LogP contribution in [0.1, 0.15) is 64.9 Å². The van der Waals surface area contributed by atoms with E-state index in [9.17, 15) is 4.21 Å². The van der Waals surface area contributed by atoms with Crippen LogP contribution in [-0.4, -0.2) is 24.5 Å². The molecule has 2 N–H and O–H groups in total. The summed E-state index contributed by atoms with van der Waals surface area (Å²) >= 11 is 6.18. The molecule has 0 radical (unpaired) electrons. The smallest absolute Gasteiger partial charge is 0.223 e. The molecule has 0 aromatic carbocycles. The zero-order valence-electron chi connectivity index (χ0n) is 15.7. The summed E-state index contributed by atoms with van der Waals surface area (Å²) in [6.45, 7) is 8.07.